The van der Waals surface area contributed by atoms with E-state index < -0.39 is 36.7 Å². The van der Waals surface area contributed by atoms with Gasteiger partial charge in [0.2, 0.25) is 5.95 Å². The summed E-state index contributed by atoms with van der Waals surface area (Å²) in [4.78, 5) is 21.8. The standard InChI is InChI=1S/C10H13N5O5/c11-10-13-7-4(8(19)14-10)12-2-15(7)9-6(18)5(17)3(1-16)20-9/h2-3,5-6,9,16-18H,1H2,(H3,11,13,14,19)/t3-,5-,6-,9-/m1/s1/i11+1,12+1,13+1,14+1,15+1. The second kappa shape index (κ2) is 4.52. The van der Waals surface area contributed by atoms with Gasteiger partial charge in [-0.3, -0.25) is 14.3 Å². The predicted molar refractivity (Wildman–Crippen MR) is 65.6 cm³/mol. The minimum atomic E-state index is -1.29. The first-order valence-electron chi connectivity index (χ1n) is 5.87. The molecule has 1 aliphatic heterocycles. The Bertz CT molecular complexity index is 697. The third-order valence-electron chi connectivity index (χ3n) is 3.24. The quantitative estimate of drug-likeness (QED) is 0.373. The second-order valence-corrected chi connectivity index (χ2v) is 4.50. The zero-order chi connectivity index (χ0) is 14.4. The molecule has 1 fully saturated rings. The summed E-state index contributed by atoms with van der Waals surface area (Å²) in [5, 5.41) is 28.7. The molecular weight excluding hydrogens is 275 g/mol. The molecular formula is C10H13N5O5. The van der Waals surface area contributed by atoms with Gasteiger partial charge in [-0.1, -0.05) is 0 Å². The fraction of sp³-hybridized carbons (Fsp3) is 0.500. The molecule has 0 amide bonds. The van der Waals surface area contributed by atoms with E-state index in [9.17, 15) is 15.0 Å². The summed E-state index contributed by atoms with van der Waals surface area (Å²) in [6, 6.07) is 0. The summed E-state index contributed by atoms with van der Waals surface area (Å²) in [5.74, 6) is -0.101. The van der Waals surface area contributed by atoms with Crippen molar-refractivity contribution in [3.63, 3.8) is 0 Å². The van der Waals surface area contributed by atoms with Gasteiger partial charge in [0.25, 0.3) is 5.56 Å². The summed E-state index contributed by atoms with van der Waals surface area (Å²) in [5.41, 5.74) is 5.12. The lowest BCUT2D eigenvalue weighted by atomic mass is 10.1. The molecule has 6 N–H and O–H groups in total. The average Bonchev–Trinajstić information content (AvgIpc) is 2.93. The van der Waals surface area contributed by atoms with Crippen molar-refractivity contribution < 1.29 is 20.1 Å². The fourth-order valence-electron chi connectivity index (χ4n) is 2.24. The van der Waals surface area contributed by atoms with E-state index in [0.717, 1.165) is 0 Å². The molecule has 3 heterocycles. The lowest BCUT2D eigenvalue weighted by molar-refractivity contribution is -0.0511. The van der Waals surface area contributed by atoms with Gasteiger partial charge in [-0.25, -0.2) is 4.98 Å². The number of aromatic nitrogens is 4. The number of aliphatic hydroxyl groups excluding tert-OH is 3. The van der Waals surface area contributed by atoms with Crippen molar-refractivity contribution in [2.45, 2.75) is 24.5 Å². The van der Waals surface area contributed by atoms with Gasteiger partial charge in [-0.05, 0) is 0 Å². The number of rotatable bonds is 2. The molecule has 3 rings (SSSR count). The Morgan fingerprint density at radius 3 is 2.85 bits per heavy atom. The van der Waals surface area contributed by atoms with Crippen LogP contribution in [0.25, 0.3) is 11.2 Å². The Balaban J connectivity index is 2.09. The maximum absolute atomic E-state index is 11.7. The van der Waals surface area contributed by atoms with Crippen LogP contribution in [0.4, 0.5) is 5.95 Å². The highest BCUT2D eigenvalue weighted by atomic mass is 16.6. The van der Waals surface area contributed by atoms with Crippen molar-refractivity contribution in [2.24, 2.45) is 0 Å². The van der Waals surface area contributed by atoms with Crippen molar-refractivity contribution in [3.8, 4) is 0 Å². The maximum Gasteiger partial charge on any atom is 0.280 e. The Labute approximate surface area is 111 Å². The van der Waals surface area contributed by atoms with Crippen LogP contribution >= 0.6 is 0 Å². The number of nitrogens with one attached hydrogen (secondary N) is 1. The van der Waals surface area contributed by atoms with Crippen LogP contribution in [0.2, 0.25) is 0 Å². The molecule has 10 heteroatoms. The molecule has 0 spiro atoms. The van der Waals surface area contributed by atoms with E-state index in [1.807, 2.05) is 0 Å². The third-order valence-corrected chi connectivity index (χ3v) is 3.24. The first kappa shape index (κ1) is 13.0. The summed E-state index contributed by atoms with van der Waals surface area (Å²) in [7, 11) is 0. The number of nitrogen functional groups attached to an aromatic ring is 1. The van der Waals surface area contributed by atoms with Crippen LogP contribution in [-0.4, -0.2) is 59.8 Å². The van der Waals surface area contributed by atoms with Gasteiger partial charge in [-0.15, -0.1) is 0 Å². The molecule has 0 aliphatic carbocycles. The number of imidazole rings is 1. The summed E-state index contributed by atoms with van der Waals surface area (Å²) < 4.78 is 6.64. The number of nitrogens with two attached hydrogens (primary N) is 1. The normalized spacial score (nSPS) is 30.1. The van der Waals surface area contributed by atoms with E-state index in [0.29, 0.717) is 0 Å². The number of anilines is 1. The molecule has 0 saturated carbocycles. The van der Waals surface area contributed by atoms with Crippen LogP contribution in [0.15, 0.2) is 11.1 Å². The number of nitrogens with zero attached hydrogens (tertiary/aromatic N) is 3. The third kappa shape index (κ3) is 1.78. The number of ether oxygens (including phenoxy) is 1. The molecule has 1 saturated heterocycles. The number of hydrogen-bond acceptors (Lipinski definition) is 8. The number of aromatic amines is 1. The van der Waals surface area contributed by atoms with E-state index >= 15 is 0 Å². The molecule has 0 bridgehead atoms. The van der Waals surface area contributed by atoms with Gasteiger partial charge in [0.05, 0.1) is 12.9 Å². The van der Waals surface area contributed by atoms with Crippen molar-refractivity contribution >= 4 is 17.1 Å². The van der Waals surface area contributed by atoms with E-state index in [2.05, 4.69) is 15.0 Å². The molecule has 2 aromatic heterocycles. The lowest BCUT2D eigenvalue weighted by Gasteiger charge is -2.16. The van der Waals surface area contributed by atoms with E-state index in [1.54, 1.807) is 0 Å². The number of aliphatic hydroxyl groups is 3. The van der Waals surface area contributed by atoms with E-state index in [-0.39, 0.29) is 17.1 Å². The zero-order valence-corrected chi connectivity index (χ0v) is 10.2. The average molecular weight is 288 g/mol. The highest BCUT2D eigenvalue weighted by Gasteiger charge is 2.44. The molecule has 20 heavy (non-hydrogen) atoms. The van der Waals surface area contributed by atoms with Gasteiger partial charge < -0.3 is 25.8 Å². The molecule has 10 nitrogen and oxygen atoms in total. The number of hydrogen-bond donors (Lipinski definition) is 5. The highest BCUT2D eigenvalue weighted by molar-refractivity contribution is 5.70. The first-order chi connectivity index (χ1) is 9.52. The monoisotopic (exact) mass is 288 g/mol. The van der Waals surface area contributed by atoms with Crippen molar-refractivity contribution in [3.05, 3.63) is 16.7 Å². The highest BCUT2D eigenvalue weighted by Crippen LogP contribution is 2.30. The molecule has 0 unspecified atom stereocenters. The van der Waals surface area contributed by atoms with Crippen LogP contribution in [0.5, 0.6) is 0 Å². The molecule has 0 radical (unpaired) electrons. The Morgan fingerprint density at radius 2 is 2.20 bits per heavy atom. The second-order valence-electron chi connectivity index (χ2n) is 4.50. The van der Waals surface area contributed by atoms with Crippen LogP contribution < -0.4 is 11.3 Å². The largest absolute Gasteiger partial charge is 0.394 e. The molecule has 4 atom stereocenters. The molecule has 1 aliphatic rings. The van der Waals surface area contributed by atoms with Gasteiger partial charge in [-0.2, -0.15) is 4.98 Å². The summed E-state index contributed by atoms with van der Waals surface area (Å²) in [6.07, 6.45) is -3.21. The van der Waals surface area contributed by atoms with Gasteiger partial charge in [0.15, 0.2) is 17.4 Å². The van der Waals surface area contributed by atoms with Crippen molar-refractivity contribution in [2.75, 3.05) is 12.3 Å². The van der Waals surface area contributed by atoms with E-state index in [4.69, 9.17) is 15.6 Å². The SMILES string of the molecule is [15NH2]c1[15n]c2c([15n]c[15n]2[C@@H]2O[C@H](CO)[C@@H](O)[C@H]2O)c(=O)[15nH]1. The minimum Gasteiger partial charge on any atom is -0.394 e. The van der Waals surface area contributed by atoms with Crippen molar-refractivity contribution in [1.29, 1.82) is 0 Å². The van der Waals surface area contributed by atoms with Crippen LogP contribution in [0.1, 0.15) is 6.23 Å². The maximum atomic E-state index is 11.7. The fourth-order valence-corrected chi connectivity index (χ4v) is 2.24. The lowest BCUT2D eigenvalue weighted by Crippen LogP contribution is -2.33. The van der Waals surface area contributed by atoms with Crippen molar-refractivity contribution in [1.82, 2.24) is 19.5 Å². The molecule has 108 valence electrons. The number of H-pyrrole nitrogens is 1. The van der Waals surface area contributed by atoms with Crippen LogP contribution in [0.3, 0.4) is 0 Å². The Hall–Kier alpha value is -2.01. The zero-order valence-electron chi connectivity index (χ0n) is 10.2. The molecule has 2 aromatic rings. The Morgan fingerprint density at radius 1 is 1.45 bits per heavy atom. The van der Waals surface area contributed by atoms with E-state index in [1.165, 1.54) is 10.9 Å². The molecule has 0 aromatic carbocycles. The predicted octanol–water partition coefficient (Wildman–Crippen LogP) is -2.69. The van der Waals surface area contributed by atoms with Crippen LogP contribution in [-0.2, 0) is 4.74 Å². The summed E-state index contributed by atoms with van der Waals surface area (Å²) >= 11 is 0. The smallest absolute Gasteiger partial charge is 0.280 e. The van der Waals surface area contributed by atoms with Gasteiger partial charge >= 0.3 is 0 Å². The van der Waals surface area contributed by atoms with Gasteiger partial charge in [0.1, 0.15) is 18.3 Å². The topological polar surface area (TPSA) is 160 Å². The summed E-state index contributed by atoms with van der Waals surface area (Å²) in [6.45, 7) is -0.447. The first-order valence-corrected chi connectivity index (χ1v) is 5.87. The number of fused-ring (bicyclic) bond motifs is 1. The van der Waals surface area contributed by atoms with Gasteiger partial charge in [0, 0.05) is 0 Å². The Kier molecular flexibility index (Phi) is 2.94. The minimum absolute atomic E-state index is 0.0388. The van der Waals surface area contributed by atoms with Crippen LogP contribution in [0, 0.1) is 0 Å².